The fourth-order valence-electron chi connectivity index (χ4n) is 6.77. The smallest absolute Gasteiger partial charge is 0.323 e. The summed E-state index contributed by atoms with van der Waals surface area (Å²) in [5.41, 5.74) is 6.19. The van der Waals surface area contributed by atoms with Crippen molar-refractivity contribution in [2.75, 3.05) is 48.0 Å². The molecule has 51 heavy (non-hydrogen) atoms. The highest BCUT2D eigenvalue weighted by molar-refractivity contribution is 5.91. The van der Waals surface area contributed by atoms with E-state index in [-0.39, 0.29) is 18.7 Å². The zero-order valence-electron chi connectivity index (χ0n) is 29.5. The van der Waals surface area contributed by atoms with E-state index in [1.807, 2.05) is 67.6 Å². The van der Waals surface area contributed by atoms with E-state index in [4.69, 9.17) is 14.7 Å². The third-order valence-electron chi connectivity index (χ3n) is 9.57. The van der Waals surface area contributed by atoms with Crippen molar-refractivity contribution in [3.63, 3.8) is 0 Å². The highest BCUT2D eigenvalue weighted by Crippen LogP contribution is 2.38. The fourth-order valence-corrected chi connectivity index (χ4v) is 6.77. The van der Waals surface area contributed by atoms with E-state index in [1.165, 1.54) is 0 Å². The van der Waals surface area contributed by atoms with Crippen LogP contribution in [-0.4, -0.2) is 86.4 Å². The van der Waals surface area contributed by atoms with Gasteiger partial charge in [0.25, 0.3) is 0 Å². The van der Waals surface area contributed by atoms with E-state index >= 15 is 0 Å². The normalized spacial score (nSPS) is 17.3. The first-order valence-electron chi connectivity index (χ1n) is 17.6. The summed E-state index contributed by atoms with van der Waals surface area (Å²) in [6, 6.07) is 15.4. The molecular formula is C37H46FN11O2. The maximum absolute atomic E-state index is 13.9. The average Bonchev–Trinajstić information content (AvgIpc) is 3.75. The summed E-state index contributed by atoms with van der Waals surface area (Å²) in [6.07, 6.45) is 9.38. The maximum atomic E-state index is 13.9. The predicted octanol–water partition coefficient (Wildman–Crippen LogP) is 5.48. The van der Waals surface area contributed by atoms with Crippen molar-refractivity contribution in [2.45, 2.75) is 70.3 Å². The monoisotopic (exact) mass is 695 g/mol. The second-order valence-corrected chi connectivity index (χ2v) is 13.4. The first-order valence-corrected chi connectivity index (χ1v) is 17.6. The van der Waals surface area contributed by atoms with E-state index < -0.39 is 11.8 Å². The van der Waals surface area contributed by atoms with Gasteiger partial charge in [0.1, 0.15) is 23.6 Å². The summed E-state index contributed by atoms with van der Waals surface area (Å²) in [5, 5.41) is 19.2. The first-order chi connectivity index (χ1) is 24.8. The SMILES string of the molecule is CCCN(CC[C@H](C)N(C(=O)NCc1ccccc1)c1ccc(-c2cnn(C)c2)cn1)Nc1ncc(C#N)c(N2CCC3(CC2)CC(F)CO3)n1. The van der Waals surface area contributed by atoms with Gasteiger partial charge in [0.15, 0.2) is 5.82 Å². The molecule has 1 unspecified atom stereocenters. The Labute approximate surface area is 298 Å². The molecular weight excluding hydrogens is 649 g/mol. The van der Waals surface area contributed by atoms with Crippen molar-refractivity contribution in [3.05, 3.63) is 78.4 Å². The van der Waals surface area contributed by atoms with Crippen LogP contribution in [0.3, 0.4) is 0 Å². The minimum atomic E-state index is -0.918. The van der Waals surface area contributed by atoms with Gasteiger partial charge in [-0.2, -0.15) is 15.3 Å². The zero-order chi connectivity index (χ0) is 35.8. The minimum Gasteiger partial charge on any atom is -0.372 e. The lowest BCUT2D eigenvalue weighted by atomic mass is 9.88. The van der Waals surface area contributed by atoms with Gasteiger partial charge >= 0.3 is 6.03 Å². The molecule has 4 aromatic rings. The highest BCUT2D eigenvalue weighted by atomic mass is 19.1. The number of hydrogen-bond acceptors (Lipinski definition) is 10. The van der Waals surface area contributed by atoms with Gasteiger partial charge in [-0.15, -0.1) is 0 Å². The summed E-state index contributed by atoms with van der Waals surface area (Å²) in [7, 11) is 1.87. The highest BCUT2D eigenvalue weighted by Gasteiger charge is 2.43. The van der Waals surface area contributed by atoms with Gasteiger partial charge in [-0.3, -0.25) is 15.0 Å². The summed E-state index contributed by atoms with van der Waals surface area (Å²) in [5.74, 6) is 1.49. The molecule has 2 N–H and O–H groups in total. The van der Waals surface area contributed by atoms with Crippen LogP contribution in [0.1, 0.15) is 57.1 Å². The van der Waals surface area contributed by atoms with E-state index in [0.717, 1.165) is 23.1 Å². The van der Waals surface area contributed by atoms with Crippen molar-refractivity contribution in [1.82, 2.24) is 35.1 Å². The van der Waals surface area contributed by atoms with Gasteiger partial charge in [-0.25, -0.2) is 24.2 Å². The van der Waals surface area contributed by atoms with Crippen molar-refractivity contribution in [1.29, 1.82) is 5.26 Å². The number of urea groups is 1. The number of benzene rings is 1. The Bertz CT molecular complexity index is 1790. The molecule has 2 atom stereocenters. The molecule has 2 saturated heterocycles. The fraction of sp³-hybridized carbons (Fsp3) is 0.459. The van der Waals surface area contributed by atoms with Crippen molar-refractivity contribution < 1.29 is 13.9 Å². The van der Waals surface area contributed by atoms with Crippen LogP contribution in [-0.2, 0) is 18.3 Å². The van der Waals surface area contributed by atoms with Crippen LogP contribution in [0.5, 0.6) is 0 Å². The second-order valence-electron chi connectivity index (χ2n) is 13.4. The lowest BCUT2D eigenvalue weighted by Crippen LogP contribution is -2.47. The van der Waals surface area contributed by atoms with Crippen LogP contribution in [0.15, 0.2) is 67.3 Å². The number of alkyl halides is 1. The lowest BCUT2D eigenvalue weighted by molar-refractivity contribution is -0.0156. The van der Waals surface area contributed by atoms with Gasteiger partial charge < -0.3 is 15.0 Å². The quantitative estimate of drug-likeness (QED) is 0.173. The summed E-state index contributed by atoms with van der Waals surface area (Å²) >= 11 is 0. The number of nitrogens with one attached hydrogen (secondary N) is 2. The Balaban J connectivity index is 1.14. The molecule has 1 aromatic carbocycles. The standard InChI is InChI=1S/C37H46FN11O2/c1-4-15-48(45-35-41-23-30(20-39)34(44-35)47-17-13-37(14-18-47)19-32(38)26-51-37)16-12-27(2)49(36(50)42-21-28-8-6-5-7-9-28)33-11-10-29(22-40-33)31-24-43-46(3)25-31/h5-11,22-25,27,32H,4,12-19,21,26H2,1-3H3,(H,42,50)(H,41,44,45)/t27-,32?/m0/s1. The number of rotatable bonds is 13. The number of halogens is 1. The predicted molar refractivity (Wildman–Crippen MR) is 194 cm³/mol. The number of nitriles is 1. The number of anilines is 3. The molecule has 2 aliphatic heterocycles. The number of aryl methyl sites for hydroxylation is 1. The number of carbonyl (C=O) groups is 1. The van der Waals surface area contributed by atoms with Gasteiger partial charge in [0.05, 0.1) is 24.6 Å². The Morgan fingerprint density at radius 1 is 1.12 bits per heavy atom. The van der Waals surface area contributed by atoms with Gasteiger partial charge in [0.2, 0.25) is 5.95 Å². The van der Waals surface area contributed by atoms with E-state index in [9.17, 15) is 14.4 Å². The molecule has 5 heterocycles. The van der Waals surface area contributed by atoms with Crippen molar-refractivity contribution in [2.24, 2.45) is 7.05 Å². The molecule has 2 aliphatic rings. The minimum absolute atomic E-state index is 0.155. The number of pyridine rings is 1. The van der Waals surface area contributed by atoms with Crippen LogP contribution >= 0.6 is 0 Å². The molecule has 268 valence electrons. The largest absolute Gasteiger partial charge is 0.372 e. The Morgan fingerprint density at radius 2 is 1.92 bits per heavy atom. The van der Waals surface area contributed by atoms with Crippen LogP contribution in [0, 0.1) is 11.3 Å². The number of aromatic nitrogens is 5. The van der Waals surface area contributed by atoms with E-state index in [0.29, 0.717) is 81.6 Å². The van der Waals surface area contributed by atoms with Gasteiger partial charge in [-0.05, 0) is 50.3 Å². The summed E-state index contributed by atoms with van der Waals surface area (Å²) in [6.45, 7) is 7.18. The van der Waals surface area contributed by atoms with E-state index in [1.54, 1.807) is 28.2 Å². The van der Waals surface area contributed by atoms with Gasteiger partial charge in [-0.1, -0.05) is 37.3 Å². The molecule has 2 fully saturated rings. The molecule has 0 aliphatic carbocycles. The summed E-state index contributed by atoms with van der Waals surface area (Å²) < 4.78 is 21.5. The number of carbonyl (C=O) groups excluding carboxylic acids is 1. The number of ether oxygens (including phenoxy) is 1. The van der Waals surface area contributed by atoms with Crippen LogP contribution in [0.25, 0.3) is 11.1 Å². The zero-order valence-corrected chi connectivity index (χ0v) is 29.5. The number of hydrogen-bond donors (Lipinski definition) is 2. The number of nitrogens with zero attached hydrogens (tertiary/aromatic N) is 9. The number of piperidine rings is 1. The van der Waals surface area contributed by atoms with Crippen molar-refractivity contribution in [3.8, 4) is 17.2 Å². The van der Waals surface area contributed by atoms with Crippen LogP contribution in [0.4, 0.5) is 26.8 Å². The molecule has 6 rings (SSSR count). The number of hydrazine groups is 1. The summed E-state index contributed by atoms with van der Waals surface area (Å²) in [4.78, 5) is 31.5. The Hall–Kier alpha value is -5.13. The topological polar surface area (TPSA) is 140 Å². The second kappa shape index (κ2) is 16.3. The Kier molecular flexibility index (Phi) is 11.4. The third-order valence-corrected chi connectivity index (χ3v) is 9.57. The molecule has 0 bridgehead atoms. The third kappa shape index (κ3) is 8.79. The van der Waals surface area contributed by atoms with Crippen LogP contribution < -0.4 is 20.5 Å². The molecule has 2 amide bonds. The molecule has 14 heteroatoms. The molecule has 0 radical (unpaired) electrons. The molecule has 3 aromatic heterocycles. The van der Waals surface area contributed by atoms with Crippen molar-refractivity contribution >= 4 is 23.6 Å². The number of amides is 2. The molecule has 0 saturated carbocycles. The molecule has 1 spiro atoms. The first kappa shape index (κ1) is 35.7. The van der Waals surface area contributed by atoms with Crippen LogP contribution in [0.2, 0.25) is 0 Å². The maximum Gasteiger partial charge on any atom is 0.323 e. The average molecular weight is 696 g/mol. The van der Waals surface area contributed by atoms with E-state index in [2.05, 4.69) is 38.7 Å². The molecule has 13 nitrogen and oxygen atoms in total. The van der Waals surface area contributed by atoms with Gasteiger partial charge in [0, 0.05) is 75.8 Å². The Morgan fingerprint density at radius 3 is 2.57 bits per heavy atom. The lowest BCUT2D eigenvalue weighted by Gasteiger charge is -2.39.